The van der Waals surface area contributed by atoms with Crippen LogP contribution in [0.4, 0.5) is 0 Å². The monoisotopic (exact) mass is 422 g/mol. The SMILES string of the molecule is CN(C)C[C@H]1[C@H]2C[C@H](CN(C(=O)c3c[nH]c(=O)c4ccccc34)C2)[C@@H]2CCCC(=O)N21. The van der Waals surface area contributed by atoms with E-state index < -0.39 is 0 Å². The molecule has 0 aliphatic carbocycles. The molecule has 7 heteroatoms. The van der Waals surface area contributed by atoms with E-state index in [4.69, 9.17) is 0 Å². The molecule has 5 rings (SSSR count). The van der Waals surface area contributed by atoms with Gasteiger partial charge in [-0.15, -0.1) is 0 Å². The number of likely N-dealkylation sites (tertiary alicyclic amines) is 1. The van der Waals surface area contributed by atoms with Crippen LogP contribution in [0, 0.1) is 11.8 Å². The van der Waals surface area contributed by atoms with Crippen LogP contribution in [-0.2, 0) is 4.79 Å². The van der Waals surface area contributed by atoms with E-state index >= 15 is 0 Å². The maximum Gasteiger partial charge on any atom is 0.255 e. The lowest BCUT2D eigenvalue weighted by atomic mass is 9.71. The summed E-state index contributed by atoms with van der Waals surface area (Å²) in [6.07, 6.45) is 5.24. The molecule has 7 nitrogen and oxygen atoms in total. The Balaban J connectivity index is 1.48. The molecule has 0 unspecified atom stereocenters. The molecular formula is C24H30N4O3. The molecular weight excluding hydrogens is 392 g/mol. The third-order valence-corrected chi connectivity index (χ3v) is 7.38. The first-order chi connectivity index (χ1) is 14.9. The van der Waals surface area contributed by atoms with E-state index in [1.807, 2.05) is 37.2 Å². The average Bonchev–Trinajstić information content (AvgIpc) is 2.76. The number of nitrogens with zero attached hydrogens (tertiary/aromatic N) is 3. The van der Waals surface area contributed by atoms with Crippen LogP contribution in [0.5, 0.6) is 0 Å². The zero-order chi connectivity index (χ0) is 21.7. The van der Waals surface area contributed by atoms with Crippen molar-refractivity contribution >= 4 is 22.6 Å². The van der Waals surface area contributed by atoms with Crippen molar-refractivity contribution in [3.05, 3.63) is 46.4 Å². The second kappa shape index (κ2) is 7.79. The van der Waals surface area contributed by atoms with Crippen molar-refractivity contribution in [2.45, 2.75) is 37.8 Å². The quantitative estimate of drug-likeness (QED) is 0.820. The zero-order valence-electron chi connectivity index (χ0n) is 18.2. The molecule has 1 aromatic heterocycles. The van der Waals surface area contributed by atoms with Gasteiger partial charge in [0.1, 0.15) is 0 Å². The van der Waals surface area contributed by atoms with E-state index in [0.29, 0.717) is 41.8 Å². The summed E-state index contributed by atoms with van der Waals surface area (Å²) in [6, 6.07) is 7.66. The highest BCUT2D eigenvalue weighted by molar-refractivity contribution is 6.06. The minimum absolute atomic E-state index is 0.0265. The number of nitrogens with one attached hydrogen (secondary N) is 1. The van der Waals surface area contributed by atoms with Gasteiger partial charge in [0.15, 0.2) is 0 Å². The molecule has 31 heavy (non-hydrogen) atoms. The minimum Gasteiger partial charge on any atom is -0.338 e. The van der Waals surface area contributed by atoms with E-state index in [0.717, 1.165) is 25.8 Å². The number of aromatic nitrogens is 1. The molecule has 4 atom stereocenters. The first-order valence-corrected chi connectivity index (χ1v) is 11.3. The minimum atomic E-state index is -0.176. The van der Waals surface area contributed by atoms with Crippen molar-refractivity contribution in [1.29, 1.82) is 0 Å². The summed E-state index contributed by atoms with van der Waals surface area (Å²) in [4.78, 5) is 47.7. The summed E-state index contributed by atoms with van der Waals surface area (Å²) in [5.74, 6) is 0.849. The lowest BCUT2D eigenvalue weighted by molar-refractivity contribution is -0.152. The average molecular weight is 423 g/mol. The standard InChI is InChI=1S/C24H30N4O3/c1-26(2)14-21-16-10-15(20-8-5-9-22(29)28(20)21)12-27(13-16)24(31)19-11-25-23(30)18-7-4-3-6-17(18)19/h3-4,6-7,11,15-16,20-21H,5,8-10,12-14H2,1-2H3,(H,25,30)/t15-,16+,20+,21+/m1/s1. The number of hydrogen-bond acceptors (Lipinski definition) is 4. The van der Waals surface area contributed by atoms with Gasteiger partial charge in [0, 0.05) is 55.1 Å². The molecule has 2 aromatic rings. The predicted molar refractivity (Wildman–Crippen MR) is 119 cm³/mol. The normalized spacial score (nSPS) is 28.2. The Labute approximate surface area is 182 Å². The summed E-state index contributed by atoms with van der Waals surface area (Å²) in [5.41, 5.74) is 0.376. The molecule has 2 amide bonds. The number of pyridine rings is 1. The summed E-state index contributed by atoms with van der Waals surface area (Å²) < 4.78 is 0. The van der Waals surface area contributed by atoms with Gasteiger partial charge in [-0.25, -0.2) is 0 Å². The second-order valence-corrected chi connectivity index (χ2v) is 9.63. The fourth-order valence-electron chi connectivity index (χ4n) is 6.11. The largest absolute Gasteiger partial charge is 0.338 e. The maximum atomic E-state index is 13.6. The molecule has 3 fully saturated rings. The number of benzene rings is 1. The van der Waals surface area contributed by atoms with Crippen molar-refractivity contribution in [2.24, 2.45) is 11.8 Å². The van der Waals surface area contributed by atoms with Gasteiger partial charge in [0.25, 0.3) is 11.5 Å². The summed E-state index contributed by atoms with van der Waals surface area (Å²) in [7, 11) is 4.10. The van der Waals surface area contributed by atoms with Gasteiger partial charge < -0.3 is 19.7 Å². The van der Waals surface area contributed by atoms with Crippen molar-refractivity contribution in [2.75, 3.05) is 33.7 Å². The van der Waals surface area contributed by atoms with Crippen molar-refractivity contribution < 1.29 is 9.59 Å². The number of H-pyrrole nitrogens is 1. The van der Waals surface area contributed by atoms with Gasteiger partial charge in [-0.05, 0) is 51.3 Å². The third-order valence-electron chi connectivity index (χ3n) is 7.38. The number of fused-ring (bicyclic) bond motifs is 5. The highest BCUT2D eigenvalue weighted by Gasteiger charge is 2.50. The molecule has 1 aromatic carbocycles. The Hall–Kier alpha value is -2.67. The molecule has 1 N–H and O–H groups in total. The lowest BCUT2D eigenvalue weighted by Crippen LogP contribution is -2.67. The second-order valence-electron chi connectivity index (χ2n) is 9.63. The topological polar surface area (TPSA) is 76.7 Å². The highest BCUT2D eigenvalue weighted by atomic mass is 16.2. The van der Waals surface area contributed by atoms with Crippen molar-refractivity contribution in [3.63, 3.8) is 0 Å². The fraction of sp³-hybridized carbons (Fsp3) is 0.542. The van der Waals surface area contributed by atoms with Crippen molar-refractivity contribution in [3.8, 4) is 0 Å². The summed E-state index contributed by atoms with van der Waals surface area (Å²) in [5, 5.41) is 1.24. The third kappa shape index (κ3) is 3.45. The molecule has 3 aliphatic heterocycles. The van der Waals surface area contributed by atoms with Crippen LogP contribution in [0.3, 0.4) is 0 Å². The molecule has 0 radical (unpaired) electrons. The van der Waals surface area contributed by atoms with Crippen LogP contribution < -0.4 is 5.56 Å². The zero-order valence-corrected chi connectivity index (χ0v) is 18.2. The van der Waals surface area contributed by atoms with Crippen LogP contribution in [0.2, 0.25) is 0 Å². The van der Waals surface area contributed by atoms with E-state index in [2.05, 4.69) is 14.8 Å². The summed E-state index contributed by atoms with van der Waals surface area (Å²) >= 11 is 0. The van der Waals surface area contributed by atoms with Gasteiger partial charge in [0.05, 0.1) is 5.56 Å². The number of likely N-dealkylation sites (N-methyl/N-ethyl adjacent to an activating group) is 1. The fourth-order valence-corrected chi connectivity index (χ4v) is 6.11. The predicted octanol–water partition coefficient (Wildman–Crippen LogP) is 1.93. The van der Waals surface area contributed by atoms with Gasteiger partial charge in [0.2, 0.25) is 5.91 Å². The van der Waals surface area contributed by atoms with Crippen LogP contribution in [-0.4, -0.2) is 77.3 Å². The van der Waals surface area contributed by atoms with Gasteiger partial charge >= 0.3 is 0 Å². The van der Waals surface area contributed by atoms with Crippen LogP contribution in [0.1, 0.15) is 36.0 Å². The smallest absolute Gasteiger partial charge is 0.255 e. The molecule has 3 saturated heterocycles. The lowest BCUT2D eigenvalue weighted by Gasteiger charge is -2.57. The van der Waals surface area contributed by atoms with Crippen LogP contribution >= 0.6 is 0 Å². The molecule has 0 spiro atoms. The number of piperidine rings is 3. The molecule has 2 bridgehead atoms. The first-order valence-electron chi connectivity index (χ1n) is 11.3. The van der Waals surface area contributed by atoms with Gasteiger partial charge in [-0.1, -0.05) is 18.2 Å². The number of amides is 2. The summed E-state index contributed by atoms with van der Waals surface area (Å²) in [6.45, 7) is 2.15. The van der Waals surface area contributed by atoms with Crippen molar-refractivity contribution in [1.82, 2.24) is 19.7 Å². The number of hydrogen-bond donors (Lipinski definition) is 1. The Kier molecular flexibility index (Phi) is 5.08. The van der Waals surface area contributed by atoms with E-state index in [1.165, 1.54) is 0 Å². The van der Waals surface area contributed by atoms with Crippen LogP contribution in [0.15, 0.2) is 35.3 Å². The number of carbonyl (C=O) groups excluding carboxylic acids is 2. The van der Waals surface area contributed by atoms with Crippen LogP contribution in [0.25, 0.3) is 10.8 Å². The molecule has 0 saturated carbocycles. The Morgan fingerprint density at radius 3 is 2.65 bits per heavy atom. The molecule has 3 aliphatic rings. The Bertz CT molecular complexity index is 1080. The molecule has 4 heterocycles. The Morgan fingerprint density at radius 1 is 1.13 bits per heavy atom. The maximum absolute atomic E-state index is 13.6. The molecule has 164 valence electrons. The van der Waals surface area contributed by atoms with E-state index in [1.54, 1.807) is 12.3 Å². The van der Waals surface area contributed by atoms with Gasteiger partial charge in [-0.3, -0.25) is 14.4 Å². The highest BCUT2D eigenvalue weighted by Crippen LogP contribution is 2.42. The van der Waals surface area contributed by atoms with Gasteiger partial charge in [-0.2, -0.15) is 0 Å². The van der Waals surface area contributed by atoms with E-state index in [-0.39, 0.29) is 35.4 Å². The van der Waals surface area contributed by atoms with E-state index in [9.17, 15) is 14.4 Å². The first kappa shape index (κ1) is 20.2. The number of aromatic amines is 1. The number of rotatable bonds is 3. The Morgan fingerprint density at radius 2 is 1.87 bits per heavy atom. The number of carbonyl (C=O) groups is 2.